The molecule has 0 heterocycles. The van der Waals surface area contributed by atoms with E-state index < -0.39 is 53.8 Å². The highest BCUT2D eigenvalue weighted by molar-refractivity contribution is 5.96. The molecule has 0 unspecified atom stereocenters. The van der Waals surface area contributed by atoms with Crippen molar-refractivity contribution in [1.29, 1.82) is 0 Å². The van der Waals surface area contributed by atoms with Crippen molar-refractivity contribution in [3.8, 4) is 5.75 Å². The van der Waals surface area contributed by atoms with Gasteiger partial charge in [-0.2, -0.15) is 22.0 Å². The molecule has 140 valence electrons. The molecule has 10 heteroatoms. The number of hydrogen-bond donors (Lipinski definition) is 1. The van der Waals surface area contributed by atoms with Gasteiger partial charge < -0.3 is 10.1 Å². The maximum absolute atomic E-state index is 13.7. The Morgan fingerprint density at radius 3 is 2.35 bits per heavy atom. The molecule has 0 aromatic heterocycles. The summed E-state index contributed by atoms with van der Waals surface area (Å²) in [5, 5.41) is 2.10. The van der Waals surface area contributed by atoms with Crippen molar-refractivity contribution in [2.45, 2.75) is 19.3 Å². The number of alkyl halides is 5. The molecular weight excluding hydrogens is 371 g/mol. The van der Waals surface area contributed by atoms with Crippen LogP contribution < -0.4 is 10.1 Å². The van der Waals surface area contributed by atoms with Gasteiger partial charge in [0, 0.05) is 12.1 Å². The van der Waals surface area contributed by atoms with Crippen LogP contribution in [0.3, 0.4) is 0 Å². The summed E-state index contributed by atoms with van der Waals surface area (Å²) in [5.74, 6) is -4.49. The largest absolute Gasteiger partial charge is 0.434 e. The summed E-state index contributed by atoms with van der Waals surface area (Å²) in [6.07, 6.45) is -5.07. The van der Waals surface area contributed by atoms with E-state index in [1.807, 2.05) is 0 Å². The third-order valence-electron chi connectivity index (χ3n) is 3.23. The molecule has 0 atom stereocenters. The lowest BCUT2D eigenvalue weighted by Crippen LogP contribution is -2.24. The lowest BCUT2D eigenvalue weighted by Gasteiger charge is -2.13. The van der Waals surface area contributed by atoms with Gasteiger partial charge in [0.1, 0.15) is 17.4 Å². The van der Waals surface area contributed by atoms with Crippen molar-refractivity contribution in [2.75, 3.05) is 0 Å². The highest BCUT2D eigenvalue weighted by Crippen LogP contribution is 2.32. The maximum atomic E-state index is 13.7. The minimum Gasteiger partial charge on any atom is -0.434 e. The second kappa shape index (κ2) is 7.63. The fourth-order valence-corrected chi connectivity index (χ4v) is 2.06. The van der Waals surface area contributed by atoms with E-state index >= 15 is 0 Å². The first kappa shape index (κ1) is 19.5. The minimum absolute atomic E-state index is 0.0231. The van der Waals surface area contributed by atoms with Gasteiger partial charge in [0.15, 0.2) is 0 Å². The number of hydrogen-bond acceptors (Lipinski definition) is 2. The van der Waals surface area contributed by atoms with Crippen LogP contribution in [0.15, 0.2) is 36.4 Å². The number of ether oxygens (including phenoxy) is 1. The number of rotatable bonds is 5. The monoisotopic (exact) mass is 381 g/mol. The summed E-state index contributed by atoms with van der Waals surface area (Å²) in [5.41, 5.74) is -2.63. The molecular formula is C16H10F7NO2. The van der Waals surface area contributed by atoms with Gasteiger partial charge in [-0.1, -0.05) is 12.1 Å². The first-order chi connectivity index (χ1) is 12.1. The summed E-state index contributed by atoms with van der Waals surface area (Å²) < 4.78 is 93.5. The second-order valence-electron chi connectivity index (χ2n) is 4.98. The van der Waals surface area contributed by atoms with E-state index in [2.05, 4.69) is 10.1 Å². The van der Waals surface area contributed by atoms with Gasteiger partial charge in [-0.15, -0.1) is 0 Å². The van der Waals surface area contributed by atoms with Crippen LogP contribution in [0.2, 0.25) is 0 Å². The van der Waals surface area contributed by atoms with E-state index in [1.54, 1.807) is 0 Å². The van der Waals surface area contributed by atoms with Gasteiger partial charge in [-0.05, 0) is 24.3 Å². The van der Waals surface area contributed by atoms with Gasteiger partial charge >= 0.3 is 12.8 Å². The van der Waals surface area contributed by atoms with Gasteiger partial charge in [-0.25, -0.2) is 8.78 Å². The van der Waals surface area contributed by atoms with Crippen LogP contribution in [0, 0.1) is 11.6 Å². The molecule has 0 aliphatic rings. The molecule has 2 aromatic rings. The predicted molar refractivity (Wildman–Crippen MR) is 75.6 cm³/mol. The number of amides is 1. The summed E-state index contributed by atoms with van der Waals surface area (Å²) in [6, 6.07) is 5.21. The second-order valence-corrected chi connectivity index (χ2v) is 4.98. The van der Waals surface area contributed by atoms with E-state index in [4.69, 9.17) is 0 Å². The number of para-hydroxylation sites is 1. The fraction of sp³-hybridized carbons (Fsp3) is 0.188. The van der Waals surface area contributed by atoms with Crippen LogP contribution in [0.5, 0.6) is 5.75 Å². The Morgan fingerprint density at radius 2 is 1.73 bits per heavy atom. The standard InChI is InChI=1S/C16H10F7NO2/c17-11-6-10(16(21,22)23)12(18)5-8(11)7-24-14(25)9-3-1-2-4-13(9)26-15(19)20/h1-6,15H,7H2,(H,24,25). The number of carbonyl (C=O) groups is 1. The normalized spacial score (nSPS) is 11.5. The Kier molecular flexibility index (Phi) is 5.73. The third-order valence-corrected chi connectivity index (χ3v) is 3.23. The van der Waals surface area contributed by atoms with E-state index in [0.717, 1.165) is 12.1 Å². The predicted octanol–water partition coefficient (Wildman–Crippen LogP) is 4.52. The van der Waals surface area contributed by atoms with E-state index in [9.17, 15) is 35.5 Å². The molecule has 0 bridgehead atoms. The first-order valence-electron chi connectivity index (χ1n) is 6.96. The molecule has 0 aliphatic heterocycles. The number of benzene rings is 2. The van der Waals surface area contributed by atoms with Crippen molar-refractivity contribution >= 4 is 5.91 Å². The van der Waals surface area contributed by atoms with E-state index in [-0.39, 0.29) is 11.6 Å². The Hall–Kier alpha value is -2.78. The molecule has 0 saturated heterocycles. The van der Waals surface area contributed by atoms with Gasteiger partial charge in [0.05, 0.1) is 11.1 Å². The number of halogens is 7. The number of carbonyl (C=O) groups excluding carboxylic acids is 1. The van der Waals surface area contributed by atoms with E-state index in [0.29, 0.717) is 6.07 Å². The van der Waals surface area contributed by atoms with Crippen molar-refractivity contribution in [3.05, 3.63) is 64.7 Å². The zero-order valence-corrected chi connectivity index (χ0v) is 12.7. The molecule has 0 saturated carbocycles. The Balaban J connectivity index is 2.17. The Labute approximate surface area is 142 Å². The Morgan fingerprint density at radius 1 is 1.08 bits per heavy atom. The van der Waals surface area contributed by atoms with Crippen LogP contribution in [-0.4, -0.2) is 12.5 Å². The average Bonchev–Trinajstić information content (AvgIpc) is 2.54. The summed E-state index contributed by atoms with van der Waals surface area (Å²) in [4.78, 5) is 12.0. The van der Waals surface area contributed by atoms with Gasteiger partial charge in [-0.3, -0.25) is 4.79 Å². The molecule has 2 aromatic carbocycles. The molecule has 0 spiro atoms. The minimum atomic E-state index is -5.07. The molecule has 3 nitrogen and oxygen atoms in total. The molecule has 2 rings (SSSR count). The van der Waals surface area contributed by atoms with Crippen molar-refractivity contribution in [3.63, 3.8) is 0 Å². The highest BCUT2D eigenvalue weighted by atomic mass is 19.4. The first-order valence-corrected chi connectivity index (χ1v) is 6.96. The summed E-state index contributed by atoms with van der Waals surface area (Å²) >= 11 is 0. The topological polar surface area (TPSA) is 38.3 Å². The maximum Gasteiger partial charge on any atom is 0.419 e. The molecule has 0 radical (unpaired) electrons. The lowest BCUT2D eigenvalue weighted by atomic mass is 10.1. The van der Waals surface area contributed by atoms with Crippen molar-refractivity contribution < 1.29 is 40.3 Å². The summed E-state index contributed by atoms with van der Waals surface area (Å²) in [7, 11) is 0. The van der Waals surface area contributed by atoms with Crippen molar-refractivity contribution in [1.82, 2.24) is 5.32 Å². The lowest BCUT2D eigenvalue weighted by molar-refractivity contribution is -0.140. The van der Waals surface area contributed by atoms with E-state index in [1.165, 1.54) is 12.1 Å². The van der Waals surface area contributed by atoms with Crippen LogP contribution in [0.1, 0.15) is 21.5 Å². The Bertz CT molecular complexity index is 806. The van der Waals surface area contributed by atoms with Crippen LogP contribution >= 0.6 is 0 Å². The van der Waals surface area contributed by atoms with Gasteiger partial charge in [0.2, 0.25) is 0 Å². The molecule has 26 heavy (non-hydrogen) atoms. The third kappa shape index (κ3) is 4.64. The van der Waals surface area contributed by atoms with Crippen LogP contribution in [0.25, 0.3) is 0 Å². The zero-order valence-electron chi connectivity index (χ0n) is 12.7. The highest BCUT2D eigenvalue weighted by Gasteiger charge is 2.35. The summed E-state index contributed by atoms with van der Waals surface area (Å²) in [6.45, 7) is -3.85. The number of nitrogens with one attached hydrogen (secondary N) is 1. The SMILES string of the molecule is O=C(NCc1cc(F)c(C(F)(F)F)cc1F)c1ccccc1OC(F)F. The van der Waals surface area contributed by atoms with Crippen LogP contribution in [-0.2, 0) is 12.7 Å². The van der Waals surface area contributed by atoms with Crippen LogP contribution in [0.4, 0.5) is 30.7 Å². The fourth-order valence-electron chi connectivity index (χ4n) is 2.06. The molecule has 0 aliphatic carbocycles. The molecule has 1 N–H and O–H groups in total. The molecule has 0 fully saturated rings. The smallest absolute Gasteiger partial charge is 0.419 e. The molecule has 1 amide bonds. The quantitative estimate of drug-likeness (QED) is 0.774. The average molecular weight is 381 g/mol. The van der Waals surface area contributed by atoms with Gasteiger partial charge in [0.25, 0.3) is 5.91 Å². The van der Waals surface area contributed by atoms with Crippen molar-refractivity contribution in [2.24, 2.45) is 0 Å². The zero-order chi connectivity index (χ0) is 19.5.